The Morgan fingerprint density at radius 3 is 1.42 bits per heavy atom. The summed E-state index contributed by atoms with van der Waals surface area (Å²) < 4.78 is 0. The lowest BCUT2D eigenvalue weighted by Gasteiger charge is -2.34. The highest BCUT2D eigenvalue weighted by Gasteiger charge is 2.46. The van der Waals surface area contributed by atoms with Crippen LogP contribution in [-0.2, 0) is 5.41 Å². The van der Waals surface area contributed by atoms with E-state index in [0.29, 0.717) is 17.5 Å². The van der Waals surface area contributed by atoms with Gasteiger partial charge in [-0.2, -0.15) is 0 Å². The summed E-state index contributed by atoms with van der Waals surface area (Å²) in [6.07, 6.45) is 0. The number of aromatic nitrogens is 3. The molecule has 0 saturated heterocycles. The van der Waals surface area contributed by atoms with Crippen LogP contribution >= 0.6 is 0 Å². The van der Waals surface area contributed by atoms with Crippen LogP contribution in [0.25, 0.3) is 78.3 Å². The van der Waals surface area contributed by atoms with Crippen LogP contribution in [0.5, 0.6) is 0 Å². The molecule has 1 aliphatic rings. The first-order valence-electron chi connectivity index (χ1n) is 20.1. The van der Waals surface area contributed by atoms with Crippen LogP contribution in [0.2, 0.25) is 0 Å². The Labute approximate surface area is 344 Å². The van der Waals surface area contributed by atoms with Gasteiger partial charge in [-0.1, -0.05) is 212 Å². The minimum Gasteiger partial charge on any atom is -0.208 e. The summed E-state index contributed by atoms with van der Waals surface area (Å²) in [4.78, 5) is 15.1. The van der Waals surface area contributed by atoms with E-state index in [2.05, 4.69) is 164 Å². The molecule has 0 N–H and O–H groups in total. The Morgan fingerprint density at radius 1 is 0.288 bits per heavy atom. The Morgan fingerprint density at radius 2 is 0.780 bits per heavy atom. The summed E-state index contributed by atoms with van der Waals surface area (Å²) in [5, 5.41) is 2.47. The monoisotopic (exact) mass is 751 g/mol. The predicted molar refractivity (Wildman–Crippen MR) is 242 cm³/mol. The number of nitrogens with zero attached hydrogens (tertiary/aromatic N) is 3. The molecule has 276 valence electrons. The predicted octanol–water partition coefficient (Wildman–Crippen LogP) is 13.7. The van der Waals surface area contributed by atoms with Crippen molar-refractivity contribution < 1.29 is 0 Å². The molecular weight excluding hydrogens is 715 g/mol. The molecular formula is C56H37N3. The van der Waals surface area contributed by atoms with Gasteiger partial charge in [-0.25, -0.2) is 15.0 Å². The van der Waals surface area contributed by atoms with Crippen LogP contribution in [0.3, 0.4) is 0 Å². The molecule has 0 amide bonds. The third-order valence-corrected chi connectivity index (χ3v) is 11.8. The van der Waals surface area contributed by atoms with Crippen molar-refractivity contribution in [1.82, 2.24) is 15.0 Å². The van der Waals surface area contributed by atoms with E-state index in [0.717, 1.165) is 38.9 Å². The van der Waals surface area contributed by atoms with Gasteiger partial charge in [0.2, 0.25) is 0 Å². The van der Waals surface area contributed by atoms with Crippen LogP contribution in [0, 0.1) is 0 Å². The van der Waals surface area contributed by atoms with Gasteiger partial charge in [0, 0.05) is 16.7 Å². The summed E-state index contributed by atoms with van der Waals surface area (Å²) >= 11 is 0. The normalized spacial score (nSPS) is 12.5. The molecule has 0 unspecified atom stereocenters. The van der Waals surface area contributed by atoms with Crippen molar-refractivity contribution in [2.45, 2.75) is 5.41 Å². The van der Waals surface area contributed by atoms with E-state index >= 15 is 0 Å². The smallest absolute Gasteiger partial charge is 0.164 e. The maximum Gasteiger partial charge on any atom is 0.164 e. The molecule has 3 nitrogen and oxygen atoms in total. The van der Waals surface area contributed by atoms with Crippen molar-refractivity contribution in [3.63, 3.8) is 0 Å². The van der Waals surface area contributed by atoms with Gasteiger partial charge in [0.1, 0.15) is 0 Å². The first-order valence-corrected chi connectivity index (χ1v) is 20.1. The zero-order valence-electron chi connectivity index (χ0n) is 32.2. The molecule has 0 saturated carbocycles. The fourth-order valence-electron chi connectivity index (χ4n) is 9.19. The lowest BCUT2D eigenvalue weighted by molar-refractivity contribution is 0.775. The maximum absolute atomic E-state index is 5.08. The van der Waals surface area contributed by atoms with Gasteiger partial charge in [-0.05, 0) is 78.5 Å². The molecule has 9 aromatic carbocycles. The molecule has 1 aliphatic carbocycles. The van der Waals surface area contributed by atoms with Crippen molar-refractivity contribution in [2.75, 3.05) is 0 Å². The van der Waals surface area contributed by atoms with Crippen LogP contribution in [0.1, 0.15) is 22.3 Å². The minimum absolute atomic E-state index is 0.463. The fraction of sp³-hybridized carbons (Fsp3) is 0.0179. The summed E-state index contributed by atoms with van der Waals surface area (Å²) in [7, 11) is 0. The van der Waals surface area contributed by atoms with Gasteiger partial charge in [0.25, 0.3) is 0 Å². The highest BCUT2D eigenvalue weighted by molar-refractivity contribution is 6.01. The molecule has 0 aliphatic heterocycles. The average molecular weight is 752 g/mol. The highest BCUT2D eigenvalue weighted by Crippen LogP contribution is 2.58. The van der Waals surface area contributed by atoms with Gasteiger partial charge in [0.05, 0.1) is 5.41 Å². The summed E-state index contributed by atoms with van der Waals surface area (Å²) in [6.45, 7) is 0. The van der Waals surface area contributed by atoms with Gasteiger partial charge >= 0.3 is 0 Å². The van der Waals surface area contributed by atoms with Gasteiger partial charge in [-0.15, -0.1) is 0 Å². The number of hydrogen-bond acceptors (Lipinski definition) is 3. The second kappa shape index (κ2) is 14.3. The molecule has 59 heavy (non-hydrogen) atoms. The van der Waals surface area contributed by atoms with Gasteiger partial charge in [0.15, 0.2) is 17.5 Å². The Bertz CT molecular complexity index is 3040. The van der Waals surface area contributed by atoms with Crippen molar-refractivity contribution in [3.05, 3.63) is 247 Å². The molecule has 1 aromatic heterocycles. The molecule has 1 heterocycles. The summed E-state index contributed by atoms with van der Waals surface area (Å²) in [5.74, 6) is 1.93. The summed E-state index contributed by atoms with van der Waals surface area (Å²) in [6, 6.07) is 80.1. The number of hydrogen-bond donors (Lipinski definition) is 0. The van der Waals surface area contributed by atoms with Gasteiger partial charge in [-0.3, -0.25) is 0 Å². The fourth-order valence-corrected chi connectivity index (χ4v) is 9.19. The molecule has 11 rings (SSSR count). The second-order valence-corrected chi connectivity index (χ2v) is 15.1. The van der Waals surface area contributed by atoms with Crippen LogP contribution in [0.4, 0.5) is 0 Å². The van der Waals surface area contributed by atoms with Crippen LogP contribution < -0.4 is 0 Å². The first-order chi connectivity index (χ1) is 29.3. The standard InChI is InChI=1S/C56H37N3/c1-5-18-38(19-6-1)53-57-54(39-20-7-2-8-21-39)59-55(58-53)50-30-14-13-28-46(50)42-23-17-22-40(36-42)41-32-34-47-43(37-41)33-35-49-48-29-15-16-31-51(48)56(52(47)49,44-24-9-3-10-25-44)45-26-11-4-12-27-45/h1-37H. The van der Waals surface area contributed by atoms with Crippen LogP contribution in [0.15, 0.2) is 224 Å². The lowest BCUT2D eigenvalue weighted by Crippen LogP contribution is -2.28. The number of fused-ring (bicyclic) bond motifs is 5. The van der Waals surface area contributed by atoms with Gasteiger partial charge < -0.3 is 0 Å². The van der Waals surface area contributed by atoms with E-state index in [-0.39, 0.29) is 0 Å². The molecule has 0 spiro atoms. The quantitative estimate of drug-likeness (QED) is 0.163. The second-order valence-electron chi connectivity index (χ2n) is 15.1. The number of rotatable bonds is 7. The average Bonchev–Trinajstić information content (AvgIpc) is 3.64. The zero-order valence-corrected chi connectivity index (χ0v) is 32.2. The molecule has 0 fully saturated rings. The van der Waals surface area contributed by atoms with E-state index in [9.17, 15) is 0 Å². The topological polar surface area (TPSA) is 38.7 Å². The van der Waals surface area contributed by atoms with E-state index in [4.69, 9.17) is 15.0 Å². The van der Waals surface area contributed by atoms with E-state index < -0.39 is 5.41 Å². The third-order valence-electron chi connectivity index (χ3n) is 11.8. The third kappa shape index (κ3) is 5.78. The maximum atomic E-state index is 5.08. The largest absolute Gasteiger partial charge is 0.208 e. The van der Waals surface area contributed by atoms with E-state index in [1.165, 1.54) is 44.2 Å². The SMILES string of the molecule is c1ccc(-c2nc(-c3ccccc3)nc(-c3ccccc3-c3cccc(-c4ccc5c6c(ccc5c4)-c4ccccc4C6(c4ccccc4)c4ccccc4)c3)n2)cc1. The number of benzene rings is 9. The summed E-state index contributed by atoms with van der Waals surface area (Å²) in [5.41, 5.74) is 14.6. The van der Waals surface area contributed by atoms with E-state index in [1.54, 1.807) is 0 Å². The molecule has 3 heteroatoms. The Kier molecular flexibility index (Phi) is 8.37. The van der Waals surface area contributed by atoms with Crippen molar-refractivity contribution >= 4 is 10.8 Å². The Balaban J connectivity index is 1.05. The minimum atomic E-state index is -0.463. The van der Waals surface area contributed by atoms with Crippen molar-refractivity contribution in [1.29, 1.82) is 0 Å². The Hall–Kier alpha value is -7.75. The van der Waals surface area contributed by atoms with E-state index in [1.807, 2.05) is 60.7 Å². The lowest BCUT2D eigenvalue weighted by atomic mass is 9.66. The first kappa shape index (κ1) is 34.5. The van der Waals surface area contributed by atoms with Crippen molar-refractivity contribution in [3.8, 4) is 67.5 Å². The van der Waals surface area contributed by atoms with Crippen LogP contribution in [-0.4, -0.2) is 15.0 Å². The molecule has 10 aromatic rings. The molecule has 0 atom stereocenters. The molecule has 0 radical (unpaired) electrons. The molecule has 0 bridgehead atoms. The van der Waals surface area contributed by atoms with Crippen molar-refractivity contribution in [2.24, 2.45) is 0 Å². The highest BCUT2D eigenvalue weighted by atomic mass is 15.0. The zero-order chi connectivity index (χ0) is 39.2.